The lowest BCUT2D eigenvalue weighted by atomic mass is 9.84. The first-order chi connectivity index (χ1) is 7.47. The van der Waals surface area contributed by atoms with Crippen molar-refractivity contribution in [3.05, 3.63) is 0 Å². The second kappa shape index (κ2) is 5.99. The Morgan fingerprint density at radius 3 is 2.19 bits per heavy atom. The van der Waals surface area contributed by atoms with Crippen molar-refractivity contribution in [2.24, 2.45) is 11.8 Å². The van der Waals surface area contributed by atoms with E-state index < -0.39 is 0 Å². The Balaban J connectivity index is 2.57. The molecule has 0 bridgehead atoms. The molecular formula is C13H27NO2. The summed E-state index contributed by atoms with van der Waals surface area (Å²) in [6, 6.07) is 0.386. The molecule has 0 radical (unpaired) electrons. The Kier molecular flexibility index (Phi) is 5.22. The molecule has 1 N–H and O–H groups in total. The Labute approximate surface area is 99.9 Å². The first kappa shape index (κ1) is 13.9. The van der Waals surface area contributed by atoms with E-state index in [2.05, 4.69) is 39.9 Å². The van der Waals surface area contributed by atoms with Gasteiger partial charge in [0, 0.05) is 12.0 Å². The maximum absolute atomic E-state index is 5.88. The number of likely N-dealkylation sites (N-methyl/N-ethyl adjacent to an activating group) is 1. The maximum Gasteiger partial charge on any atom is 0.0626 e. The first-order valence-corrected chi connectivity index (χ1v) is 6.41. The van der Waals surface area contributed by atoms with E-state index in [-0.39, 0.29) is 0 Å². The van der Waals surface area contributed by atoms with E-state index >= 15 is 0 Å². The lowest BCUT2D eigenvalue weighted by molar-refractivity contribution is 0.0236. The lowest BCUT2D eigenvalue weighted by Gasteiger charge is -2.29. The molecule has 0 spiro atoms. The fourth-order valence-electron chi connectivity index (χ4n) is 2.67. The standard InChI is InChI=1S/C13H27NO2/c1-8(2)15-7-12(14-6)13-9(3)10(4)16-11(13)5/h8-14H,7H2,1-6H3. The minimum atomic E-state index is 0.293. The van der Waals surface area contributed by atoms with Crippen molar-refractivity contribution in [1.29, 1.82) is 0 Å². The number of hydrogen-bond acceptors (Lipinski definition) is 3. The zero-order chi connectivity index (χ0) is 12.3. The van der Waals surface area contributed by atoms with Gasteiger partial charge >= 0.3 is 0 Å². The van der Waals surface area contributed by atoms with Crippen LogP contribution in [0.4, 0.5) is 0 Å². The molecule has 5 unspecified atom stereocenters. The molecule has 1 aliphatic heterocycles. The van der Waals surface area contributed by atoms with E-state index in [1.165, 1.54) is 0 Å². The molecule has 3 heteroatoms. The van der Waals surface area contributed by atoms with Crippen molar-refractivity contribution in [3.8, 4) is 0 Å². The van der Waals surface area contributed by atoms with Gasteiger partial charge in [-0.3, -0.25) is 0 Å². The topological polar surface area (TPSA) is 30.5 Å². The molecule has 0 aromatic carbocycles. The highest BCUT2D eigenvalue weighted by Crippen LogP contribution is 2.34. The van der Waals surface area contributed by atoms with Crippen LogP contribution in [0.1, 0.15) is 34.6 Å². The molecule has 1 fully saturated rings. The molecule has 0 aromatic heterocycles. The van der Waals surface area contributed by atoms with E-state index in [1.807, 2.05) is 7.05 Å². The van der Waals surface area contributed by atoms with E-state index in [1.54, 1.807) is 0 Å². The highest BCUT2D eigenvalue weighted by molar-refractivity contribution is 4.91. The summed E-state index contributed by atoms with van der Waals surface area (Å²) >= 11 is 0. The van der Waals surface area contributed by atoms with Crippen molar-refractivity contribution in [2.75, 3.05) is 13.7 Å². The summed E-state index contributed by atoms with van der Waals surface area (Å²) in [5.41, 5.74) is 0. The molecule has 0 saturated carbocycles. The third-order valence-corrected chi connectivity index (χ3v) is 3.76. The van der Waals surface area contributed by atoms with Crippen LogP contribution in [0, 0.1) is 11.8 Å². The monoisotopic (exact) mass is 229 g/mol. The van der Waals surface area contributed by atoms with Gasteiger partial charge < -0.3 is 14.8 Å². The van der Waals surface area contributed by atoms with Gasteiger partial charge in [0.15, 0.2) is 0 Å². The fraction of sp³-hybridized carbons (Fsp3) is 1.00. The normalized spacial score (nSPS) is 36.9. The number of ether oxygens (including phenoxy) is 2. The fourth-order valence-corrected chi connectivity index (χ4v) is 2.67. The second-order valence-electron chi connectivity index (χ2n) is 5.26. The Morgan fingerprint density at radius 2 is 1.81 bits per heavy atom. The largest absolute Gasteiger partial charge is 0.377 e. The van der Waals surface area contributed by atoms with E-state index in [4.69, 9.17) is 9.47 Å². The molecule has 16 heavy (non-hydrogen) atoms. The van der Waals surface area contributed by atoms with E-state index in [0.29, 0.717) is 36.2 Å². The molecule has 0 amide bonds. The predicted molar refractivity (Wildman–Crippen MR) is 66.6 cm³/mol. The molecule has 1 aliphatic rings. The molecule has 1 saturated heterocycles. The van der Waals surface area contributed by atoms with Crippen LogP contribution >= 0.6 is 0 Å². The summed E-state index contributed by atoms with van der Waals surface area (Å²) in [5.74, 6) is 1.13. The van der Waals surface area contributed by atoms with Crippen LogP contribution in [0.2, 0.25) is 0 Å². The SMILES string of the molecule is CNC(COC(C)C)C1C(C)OC(C)C1C. The number of rotatable bonds is 5. The average molecular weight is 229 g/mol. The van der Waals surface area contributed by atoms with Crippen LogP contribution < -0.4 is 5.32 Å². The average Bonchev–Trinajstić information content (AvgIpc) is 2.45. The van der Waals surface area contributed by atoms with Gasteiger partial charge in [0.1, 0.15) is 0 Å². The highest BCUT2D eigenvalue weighted by atomic mass is 16.5. The molecule has 0 aromatic rings. The summed E-state index contributed by atoms with van der Waals surface area (Å²) in [7, 11) is 2.01. The van der Waals surface area contributed by atoms with Crippen molar-refractivity contribution < 1.29 is 9.47 Å². The van der Waals surface area contributed by atoms with Gasteiger partial charge in [0.2, 0.25) is 0 Å². The first-order valence-electron chi connectivity index (χ1n) is 6.41. The van der Waals surface area contributed by atoms with Crippen molar-refractivity contribution in [2.45, 2.75) is 59.0 Å². The maximum atomic E-state index is 5.88. The molecule has 1 heterocycles. The zero-order valence-electron chi connectivity index (χ0n) is 11.5. The van der Waals surface area contributed by atoms with Crippen molar-refractivity contribution >= 4 is 0 Å². The second-order valence-corrected chi connectivity index (χ2v) is 5.26. The van der Waals surface area contributed by atoms with Crippen LogP contribution in [-0.4, -0.2) is 38.0 Å². The minimum absolute atomic E-state index is 0.293. The zero-order valence-corrected chi connectivity index (χ0v) is 11.5. The summed E-state index contributed by atoms with van der Waals surface area (Å²) in [6.45, 7) is 11.5. The Hall–Kier alpha value is -0.120. The molecule has 5 atom stereocenters. The molecule has 96 valence electrons. The third kappa shape index (κ3) is 3.19. The van der Waals surface area contributed by atoms with Gasteiger partial charge in [-0.1, -0.05) is 6.92 Å². The van der Waals surface area contributed by atoms with Gasteiger partial charge in [-0.25, -0.2) is 0 Å². The van der Waals surface area contributed by atoms with Gasteiger partial charge in [-0.2, -0.15) is 0 Å². The molecule has 1 rings (SSSR count). The molecular weight excluding hydrogens is 202 g/mol. The minimum Gasteiger partial charge on any atom is -0.377 e. The van der Waals surface area contributed by atoms with Crippen LogP contribution in [0.3, 0.4) is 0 Å². The van der Waals surface area contributed by atoms with E-state index in [0.717, 1.165) is 6.61 Å². The van der Waals surface area contributed by atoms with Crippen LogP contribution in [0.25, 0.3) is 0 Å². The highest BCUT2D eigenvalue weighted by Gasteiger charge is 2.41. The predicted octanol–water partition coefficient (Wildman–Crippen LogP) is 2.06. The van der Waals surface area contributed by atoms with Gasteiger partial charge in [0.25, 0.3) is 0 Å². The lowest BCUT2D eigenvalue weighted by Crippen LogP contribution is -2.43. The number of nitrogens with one attached hydrogen (secondary N) is 1. The molecule has 3 nitrogen and oxygen atoms in total. The van der Waals surface area contributed by atoms with Crippen LogP contribution in [0.5, 0.6) is 0 Å². The summed E-state index contributed by atoms with van der Waals surface area (Å²) < 4.78 is 11.6. The van der Waals surface area contributed by atoms with E-state index in [9.17, 15) is 0 Å². The third-order valence-electron chi connectivity index (χ3n) is 3.76. The Bertz CT molecular complexity index is 208. The number of hydrogen-bond donors (Lipinski definition) is 1. The quantitative estimate of drug-likeness (QED) is 0.783. The van der Waals surface area contributed by atoms with Crippen molar-refractivity contribution in [1.82, 2.24) is 5.32 Å². The summed E-state index contributed by atoms with van der Waals surface area (Å²) in [6.07, 6.45) is 0.967. The van der Waals surface area contributed by atoms with Crippen LogP contribution in [-0.2, 0) is 9.47 Å². The van der Waals surface area contributed by atoms with Gasteiger partial charge in [-0.15, -0.1) is 0 Å². The van der Waals surface area contributed by atoms with Crippen molar-refractivity contribution in [3.63, 3.8) is 0 Å². The summed E-state index contributed by atoms with van der Waals surface area (Å²) in [4.78, 5) is 0. The smallest absolute Gasteiger partial charge is 0.0626 e. The summed E-state index contributed by atoms with van der Waals surface area (Å²) in [5, 5.41) is 3.38. The van der Waals surface area contributed by atoms with Gasteiger partial charge in [-0.05, 0) is 40.7 Å². The van der Waals surface area contributed by atoms with Gasteiger partial charge in [0.05, 0.1) is 24.9 Å². The Morgan fingerprint density at radius 1 is 1.19 bits per heavy atom. The molecule has 0 aliphatic carbocycles. The van der Waals surface area contributed by atoms with Crippen LogP contribution in [0.15, 0.2) is 0 Å².